The van der Waals surface area contributed by atoms with Crippen molar-refractivity contribution in [2.24, 2.45) is 0 Å². The van der Waals surface area contributed by atoms with E-state index in [0.29, 0.717) is 0 Å². The molecule has 0 unspecified atom stereocenters. The number of thiazole rings is 1. The summed E-state index contributed by atoms with van der Waals surface area (Å²) >= 11 is 9.07. The lowest BCUT2D eigenvalue weighted by Crippen LogP contribution is -2.04. The van der Waals surface area contributed by atoms with Crippen LogP contribution in [0, 0.1) is 0 Å². The second-order valence-electron chi connectivity index (χ2n) is 4.92. The molecule has 4 aromatic rings. The third-order valence-corrected chi connectivity index (χ3v) is 5.09. The molecule has 0 aliphatic heterocycles. The van der Waals surface area contributed by atoms with E-state index in [1.54, 1.807) is 15.9 Å². The van der Waals surface area contributed by atoms with Gasteiger partial charge in [-0.3, -0.25) is 0 Å². The summed E-state index contributed by atoms with van der Waals surface area (Å²) in [6, 6.07) is 7.65. The molecule has 0 aliphatic carbocycles. The third kappa shape index (κ3) is 3.21. The van der Waals surface area contributed by atoms with Crippen LogP contribution in [0.2, 0.25) is 5.02 Å². The number of hydrogen-bond acceptors (Lipinski definition) is 6. The molecule has 116 valence electrons. The molecule has 4 rings (SSSR count). The predicted octanol–water partition coefficient (Wildman–Crippen LogP) is 4.22. The molecule has 0 saturated carbocycles. The van der Waals surface area contributed by atoms with Crippen LogP contribution in [0.25, 0.3) is 16.2 Å². The van der Waals surface area contributed by atoms with Crippen LogP contribution in [0.5, 0.6) is 0 Å². The van der Waals surface area contributed by atoms with Crippen molar-refractivity contribution in [2.75, 3.05) is 11.9 Å². The summed E-state index contributed by atoms with van der Waals surface area (Å²) in [5, 5.41) is 11.5. The number of rotatable bonds is 5. The largest absolute Gasteiger partial charge is 0.360 e. The molecule has 0 atom stereocenters. The molecule has 0 fully saturated rings. The number of benzene rings is 1. The first-order valence-electron chi connectivity index (χ1n) is 7.01. The highest BCUT2D eigenvalue weighted by Crippen LogP contribution is 2.25. The Hall–Kier alpha value is -1.96. The van der Waals surface area contributed by atoms with Gasteiger partial charge in [0.15, 0.2) is 0 Å². The fourth-order valence-electron chi connectivity index (χ4n) is 2.19. The van der Waals surface area contributed by atoms with Crippen LogP contribution in [0.4, 0.5) is 5.13 Å². The summed E-state index contributed by atoms with van der Waals surface area (Å²) in [4.78, 5) is 9.75. The average Bonchev–Trinajstić information content (AvgIpc) is 3.24. The van der Waals surface area contributed by atoms with Crippen LogP contribution in [-0.4, -0.2) is 26.1 Å². The summed E-state index contributed by atoms with van der Waals surface area (Å²) in [6.07, 6.45) is 2.82. The maximum Gasteiger partial charge on any atom is 0.214 e. The predicted molar refractivity (Wildman–Crippen MR) is 95.6 cm³/mol. The van der Waals surface area contributed by atoms with Crippen LogP contribution in [0.1, 0.15) is 5.69 Å². The molecule has 3 heterocycles. The zero-order chi connectivity index (χ0) is 15.6. The van der Waals surface area contributed by atoms with E-state index in [9.17, 15) is 0 Å². The minimum absolute atomic E-state index is 0.722. The van der Waals surface area contributed by atoms with Crippen LogP contribution >= 0.6 is 34.3 Å². The maximum atomic E-state index is 5.91. The van der Waals surface area contributed by atoms with E-state index in [1.165, 1.54) is 11.3 Å². The zero-order valence-electron chi connectivity index (χ0n) is 11.9. The Balaban J connectivity index is 1.47. The van der Waals surface area contributed by atoms with Gasteiger partial charge >= 0.3 is 0 Å². The highest BCUT2D eigenvalue weighted by molar-refractivity contribution is 7.20. The first kappa shape index (κ1) is 14.6. The van der Waals surface area contributed by atoms with Crippen LogP contribution in [0.15, 0.2) is 41.4 Å². The number of nitrogens with one attached hydrogen (secondary N) is 1. The number of aromatic nitrogens is 4. The third-order valence-electron chi connectivity index (χ3n) is 3.32. The van der Waals surface area contributed by atoms with Gasteiger partial charge in [0.2, 0.25) is 10.1 Å². The molecule has 5 nitrogen and oxygen atoms in total. The summed E-state index contributed by atoms with van der Waals surface area (Å²) < 4.78 is 1.81. The minimum atomic E-state index is 0.722. The van der Waals surface area contributed by atoms with Crippen LogP contribution in [-0.2, 0) is 6.42 Å². The SMILES string of the molecule is Clc1ccc(-c2cn3nc(NCCc4cscn4)sc3n2)cc1. The monoisotopic (exact) mass is 361 g/mol. The molecule has 0 saturated heterocycles. The van der Waals surface area contributed by atoms with Crippen molar-refractivity contribution in [1.82, 2.24) is 19.6 Å². The fraction of sp³-hybridized carbons (Fsp3) is 0.133. The molecular weight excluding hydrogens is 350 g/mol. The molecule has 0 spiro atoms. The highest BCUT2D eigenvalue weighted by atomic mass is 35.5. The lowest BCUT2D eigenvalue weighted by atomic mass is 10.2. The van der Waals surface area contributed by atoms with Gasteiger partial charge < -0.3 is 5.32 Å². The Morgan fingerprint density at radius 2 is 2.09 bits per heavy atom. The lowest BCUT2D eigenvalue weighted by molar-refractivity contribution is 0.936. The molecule has 0 amide bonds. The van der Waals surface area contributed by atoms with Gasteiger partial charge in [0.05, 0.1) is 23.1 Å². The Morgan fingerprint density at radius 1 is 1.22 bits per heavy atom. The van der Waals surface area contributed by atoms with Crippen molar-refractivity contribution in [2.45, 2.75) is 6.42 Å². The molecule has 8 heteroatoms. The number of anilines is 1. The molecule has 1 aromatic carbocycles. The summed E-state index contributed by atoms with van der Waals surface area (Å²) in [5.41, 5.74) is 4.89. The first-order valence-corrected chi connectivity index (χ1v) is 9.15. The van der Waals surface area contributed by atoms with Gasteiger partial charge in [-0.05, 0) is 12.1 Å². The van der Waals surface area contributed by atoms with Crippen molar-refractivity contribution < 1.29 is 0 Å². The van der Waals surface area contributed by atoms with Crippen molar-refractivity contribution in [3.05, 3.63) is 52.1 Å². The molecule has 0 aliphatic rings. The number of nitrogens with zero attached hydrogens (tertiary/aromatic N) is 4. The first-order chi connectivity index (χ1) is 11.3. The van der Waals surface area contributed by atoms with E-state index in [1.807, 2.05) is 36.0 Å². The van der Waals surface area contributed by atoms with E-state index in [4.69, 9.17) is 11.6 Å². The van der Waals surface area contributed by atoms with Gasteiger partial charge in [0, 0.05) is 28.9 Å². The summed E-state index contributed by atoms with van der Waals surface area (Å²) in [5.74, 6) is 0. The van der Waals surface area contributed by atoms with E-state index < -0.39 is 0 Å². The van der Waals surface area contributed by atoms with Crippen molar-refractivity contribution in [3.8, 4) is 11.3 Å². The summed E-state index contributed by atoms with van der Waals surface area (Å²) in [6.45, 7) is 0.810. The fourth-order valence-corrected chi connectivity index (χ4v) is 3.72. The van der Waals surface area contributed by atoms with Gasteiger partial charge in [0.1, 0.15) is 0 Å². The van der Waals surface area contributed by atoms with E-state index in [2.05, 4.69) is 25.8 Å². The minimum Gasteiger partial charge on any atom is -0.360 e. The number of halogens is 1. The van der Waals surface area contributed by atoms with E-state index in [0.717, 1.165) is 45.0 Å². The Bertz CT molecular complexity index is 880. The normalized spacial score (nSPS) is 11.2. The van der Waals surface area contributed by atoms with Gasteiger partial charge in [-0.15, -0.1) is 16.4 Å². The highest BCUT2D eigenvalue weighted by Gasteiger charge is 2.09. The number of imidazole rings is 1. The van der Waals surface area contributed by atoms with Crippen molar-refractivity contribution in [3.63, 3.8) is 0 Å². The van der Waals surface area contributed by atoms with E-state index in [-0.39, 0.29) is 0 Å². The van der Waals surface area contributed by atoms with Crippen molar-refractivity contribution >= 4 is 44.4 Å². The molecule has 3 aromatic heterocycles. The van der Waals surface area contributed by atoms with Crippen LogP contribution < -0.4 is 5.32 Å². The number of hydrogen-bond donors (Lipinski definition) is 1. The molecule has 0 radical (unpaired) electrons. The molecule has 1 N–H and O–H groups in total. The van der Waals surface area contributed by atoms with Gasteiger partial charge in [-0.2, -0.15) is 0 Å². The lowest BCUT2D eigenvalue weighted by Gasteiger charge is -1.99. The van der Waals surface area contributed by atoms with Crippen LogP contribution in [0.3, 0.4) is 0 Å². The number of fused-ring (bicyclic) bond motifs is 1. The second kappa shape index (κ2) is 6.27. The van der Waals surface area contributed by atoms with E-state index >= 15 is 0 Å². The Kier molecular flexibility index (Phi) is 3.99. The average molecular weight is 362 g/mol. The maximum absolute atomic E-state index is 5.91. The zero-order valence-corrected chi connectivity index (χ0v) is 14.3. The van der Waals surface area contributed by atoms with Gasteiger partial charge in [-0.25, -0.2) is 14.5 Å². The standard InChI is InChI=1S/C15H12ClN5S2/c16-11-3-1-10(2-4-11)13-7-21-15(19-13)23-14(20-21)17-6-5-12-8-22-9-18-12/h1-4,7-9H,5-6H2,(H,17,20). The summed E-state index contributed by atoms with van der Waals surface area (Å²) in [7, 11) is 0. The quantitative estimate of drug-likeness (QED) is 0.578. The van der Waals surface area contributed by atoms with Gasteiger partial charge in [-0.1, -0.05) is 35.1 Å². The smallest absolute Gasteiger partial charge is 0.214 e. The Morgan fingerprint density at radius 3 is 2.83 bits per heavy atom. The second-order valence-corrected chi connectivity index (χ2v) is 7.04. The Labute approximate surface area is 145 Å². The molecule has 23 heavy (non-hydrogen) atoms. The van der Waals surface area contributed by atoms with Crippen molar-refractivity contribution in [1.29, 1.82) is 0 Å². The van der Waals surface area contributed by atoms with Gasteiger partial charge in [0.25, 0.3) is 0 Å². The topological polar surface area (TPSA) is 55.1 Å². The molecule has 0 bridgehead atoms. The molecular formula is C15H12ClN5S2.